The maximum Gasteiger partial charge on any atom is 0.407 e. The van der Waals surface area contributed by atoms with Crippen molar-refractivity contribution in [3.8, 4) is 11.1 Å². The van der Waals surface area contributed by atoms with Crippen LogP contribution in [0, 0.1) is 11.8 Å². The topological polar surface area (TPSA) is 125 Å². The number of aliphatic hydroxyl groups is 1. The number of amides is 2. The van der Waals surface area contributed by atoms with Crippen LogP contribution >= 0.6 is 0 Å². The van der Waals surface area contributed by atoms with E-state index in [2.05, 4.69) is 34.9 Å². The molecule has 8 nitrogen and oxygen atoms in total. The zero-order chi connectivity index (χ0) is 24.7. The van der Waals surface area contributed by atoms with Gasteiger partial charge in [0.05, 0.1) is 6.54 Å². The number of aliphatic carboxylic acids is 1. The van der Waals surface area contributed by atoms with Gasteiger partial charge in [-0.3, -0.25) is 4.79 Å². The molecule has 182 valence electrons. The average Bonchev–Trinajstić information content (AvgIpc) is 3.13. The predicted octanol–water partition coefficient (Wildman–Crippen LogP) is 3.14. The minimum Gasteiger partial charge on any atom is -0.479 e. The summed E-state index contributed by atoms with van der Waals surface area (Å²) in [7, 11) is 0. The second-order valence-corrected chi connectivity index (χ2v) is 9.06. The third kappa shape index (κ3) is 6.57. The van der Waals surface area contributed by atoms with Crippen LogP contribution in [0.1, 0.15) is 43.7 Å². The van der Waals surface area contributed by atoms with E-state index in [0.29, 0.717) is 12.3 Å². The van der Waals surface area contributed by atoms with Crippen molar-refractivity contribution in [1.29, 1.82) is 0 Å². The molecule has 0 fully saturated rings. The molecule has 0 aromatic heterocycles. The van der Waals surface area contributed by atoms with Crippen molar-refractivity contribution in [1.82, 2.24) is 10.6 Å². The van der Waals surface area contributed by atoms with E-state index in [4.69, 9.17) is 9.84 Å². The fourth-order valence-corrected chi connectivity index (χ4v) is 4.41. The van der Waals surface area contributed by atoms with Crippen molar-refractivity contribution in [3.05, 3.63) is 59.7 Å². The van der Waals surface area contributed by atoms with Crippen LogP contribution in [0.25, 0.3) is 11.1 Å². The molecule has 0 aliphatic heterocycles. The third-order valence-electron chi connectivity index (χ3n) is 5.94. The molecule has 1 unspecified atom stereocenters. The van der Waals surface area contributed by atoms with E-state index in [9.17, 15) is 19.5 Å². The van der Waals surface area contributed by atoms with E-state index < -0.39 is 18.2 Å². The molecule has 0 heterocycles. The number of nitrogens with one attached hydrogen (secondary N) is 2. The number of carbonyl (C=O) groups is 3. The first kappa shape index (κ1) is 25.2. The summed E-state index contributed by atoms with van der Waals surface area (Å²) in [4.78, 5) is 35.3. The van der Waals surface area contributed by atoms with E-state index in [0.717, 1.165) is 22.3 Å². The molecule has 1 aliphatic rings. The van der Waals surface area contributed by atoms with Crippen molar-refractivity contribution in [3.63, 3.8) is 0 Å². The van der Waals surface area contributed by atoms with Crippen LogP contribution in [0.5, 0.6) is 0 Å². The van der Waals surface area contributed by atoms with Gasteiger partial charge in [0.15, 0.2) is 6.10 Å². The first-order valence-corrected chi connectivity index (χ1v) is 11.5. The summed E-state index contributed by atoms with van der Waals surface area (Å²) in [6.07, 6.45) is -1.39. The lowest BCUT2D eigenvalue weighted by Gasteiger charge is -2.20. The molecule has 0 spiro atoms. The van der Waals surface area contributed by atoms with Crippen LogP contribution in [0.2, 0.25) is 0 Å². The summed E-state index contributed by atoms with van der Waals surface area (Å²) in [6.45, 7) is 4.15. The smallest absolute Gasteiger partial charge is 0.407 e. The summed E-state index contributed by atoms with van der Waals surface area (Å²) >= 11 is 0. The number of alkyl carbamates (subject to hydrolysis) is 1. The highest BCUT2D eigenvalue weighted by Gasteiger charge is 2.29. The summed E-state index contributed by atoms with van der Waals surface area (Å²) < 4.78 is 5.56. The number of ether oxygens (including phenoxy) is 1. The standard InChI is InChI=1S/C26H32N2O6/c1-16(2)11-17(12-24(30)27-14-23(29)25(31)32)13-28-26(33)34-15-22-20-9-5-3-7-18(20)19-8-4-6-10-21(19)22/h3-10,16-17,22-23,29H,11-15H2,1-2H3,(H,27,30)(H,28,33)(H,31,32)/t17-,23?/m0/s1. The SMILES string of the molecule is CC(C)C[C@H](CNC(=O)OCC1c2ccccc2-c2ccccc21)CC(=O)NCC(O)C(=O)O. The number of rotatable bonds is 11. The van der Waals surface area contributed by atoms with E-state index in [1.165, 1.54) is 0 Å². The fraction of sp³-hybridized carbons (Fsp3) is 0.423. The molecule has 0 bridgehead atoms. The van der Waals surface area contributed by atoms with Gasteiger partial charge < -0.3 is 25.6 Å². The van der Waals surface area contributed by atoms with Gasteiger partial charge in [0.25, 0.3) is 0 Å². The number of hydrogen-bond acceptors (Lipinski definition) is 5. The van der Waals surface area contributed by atoms with Gasteiger partial charge in [-0.1, -0.05) is 62.4 Å². The van der Waals surface area contributed by atoms with Crippen molar-refractivity contribution < 1.29 is 29.3 Å². The largest absolute Gasteiger partial charge is 0.479 e. The minimum atomic E-state index is -1.65. The molecular formula is C26H32N2O6. The Morgan fingerprint density at radius 3 is 2.09 bits per heavy atom. The summed E-state index contributed by atoms with van der Waals surface area (Å²) in [5, 5.41) is 23.2. The number of carboxylic acids is 1. The molecule has 2 aromatic rings. The third-order valence-corrected chi connectivity index (χ3v) is 5.94. The Kier molecular flexibility index (Phi) is 8.65. The van der Waals surface area contributed by atoms with Gasteiger partial charge in [-0.2, -0.15) is 0 Å². The van der Waals surface area contributed by atoms with Gasteiger partial charge in [-0.15, -0.1) is 0 Å². The van der Waals surface area contributed by atoms with E-state index in [-0.39, 0.29) is 43.9 Å². The highest BCUT2D eigenvalue weighted by atomic mass is 16.5. The molecular weight excluding hydrogens is 436 g/mol. The second-order valence-electron chi connectivity index (χ2n) is 9.06. The molecule has 0 radical (unpaired) electrons. The monoisotopic (exact) mass is 468 g/mol. The maximum atomic E-state index is 12.5. The lowest BCUT2D eigenvalue weighted by atomic mass is 9.93. The summed E-state index contributed by atoms with van der Waals surface area (Å²) in [6, 6.07) is 16.2. The molecule has 2 atom stereocenters. The first-order chi connectivity index (χ1) is 16.3. The Morgan fingerprint density at radius 1 is 0.941 bits per heavy atom. The normalized spacial score (nSPS) is 14.1. The Morgan fingerprint density at radius 2 is 1.53 bits per heavy atom. The van der Waals surface area contributed by atoms with Crippen molar-refractivity contribution in [2.75, 3.05) is 19.7 Å². The molecule has 34 heavy (non-hydrogen) atoms. The van der Waals surface area contributed by atoms with Crippen LogP contribution in [-0.2, 0) is 14.3 Å². The van der Waals surface area contributed by atoms with Crippen LogP contribution in [0.15, 0.2) is 48.5 Å². The second kappa shape index (κ2) is 11.7. The van der Waals surface area contributed by atoms with Crippen LogP contribution < -0.4 is 10.6 Å². The minimum absolute atomic E-state index is 0.0314. The van der Waals surface area contributed by atoms with Crippen LogP contribution in [0.4, 0.5) is 4.79 Å². The Labute approximate surface area is 199 Å². The molecule has 8 heteroatoms. The molecule has 1 aliphatic carbocycles. The van der Waals surface area contributed by atoms with Gasteiger partial charge in [-0.25, -0.2) is 9.59 Å². The summed E-state index contributed by atoms with van der Waals surface area (Å²) in [5.74, 6) is -1.65. The number of aliphatic hydroxyl groups excluding tert-OH is 1. The Bertz CT molecular complexity index is 976. The Hall–Kier alpha value is -3.39. The number of hydrogen-bond donors (Lipinski definition) is 4. The molecule has 3 rings (SSSR count). The first-order valence-electron chi connectivity index (χ1n) is 11.5. The highest BCUT2D eigenvalue weighted by Crippen LogP contribution is 2.44. The van der Waals surface area contributed by atoms with Crippen molar-refractivity contribution >= 4 is 18.0 Å². The zero-order valence-corrected chi connectivity index (χ0v) is 19.5. The van der Waals surface area contributed by atoms with Gasteiger partial charge >= 0.3 is 12.1 Å². The van der Waals surface area contributed by atoms with E-state index >= 15 is 0 Å². The molecule has 2 aromatic carbocycles. The average molecular weight is 469 g/mol. The van der Waals surface area contributed by atoms with Gasteiger partial charge in [0.1, 0.15) is 6.61 Å². The maximum absolute atomic E-state index is 12.5. The number of carbonyl (C=O) groups excluding carboxylic acids is 2. The Balaban J connectivity index is 1.52. The van der Waals surface area contributed by atoms with Gasteiger partial charge in [-0.05, 0) is 40.5 Å². The van der Waals surface area contributed by atoms with Crippen LogP contribution in [0.3, 0.4) is 0 Å². The quantitative estimate of drug-likeness (QED) is 0.402. The lowest BCUT2D eigenvalue weighted by Crippen LogP contribution is -2.39. The van der Waals surface area contributed by atoms with Gasteiger partial charge in [0, 0.05) is 18.9 Å². The van der Waals surface area contributed by atoms with E-state index in [1.807, 2.05) is 38.1 Å². The number of benzene rings is 2. The predicted molar refractivity (Wildman–Crippen MR) is 127 cm³/mol. The number of fused-ring (bicyclic) bond motifs is 3. The zero-order valence-electron chi connectivity index (χ0n) is 19.5. The molecule has 4 N–H and O–H groups in total. The van der Waals surface area contributed by atoms with E-state index in [1.54, 1.807) is 0 Å². The molecule has 0 saturated carbocycles. The number of carboxylic acid groups (broad SMARTS) is 1. The molecule has 0 saturated heterocycles. The highest BCUT2D eigenvalue weighted by molar-refractivity contribution is 5.79. The molecule has 2 amide bonds. The summed E-state index contributed by atoms with van der Waals surface area (Å²) in [5.41, 5.74) is 4.58. The lowest BCUT2D eigenvalue weighted by molar-refractivity contribution is -0.146. The van der Waals surface area contributed by atoms with Crippen LogP contribution in [-0.4, -0.2) is 54.0 Å². The van der Waals surface area contributed by atoms with Crippen molar-refractivity contribution in [2.45, 2.75) is 38.7 Å². The van der Waals surface area contributed by atoms with Crippen molar-refractivity contribution in [2.24, 2.45) is 11.8 Å². The van der Waals surface area contributed by atoms with Gasteiger partial charge in [0.2, 0.25) is 5.91 Å². The fourth-order valence-electron chi connectivity index (χ4n) is 4.41.